The Morgan fingerprint density at radius 1 is 1.67 bits per heavy atom. The van der Waals surface area contributed by atoms with Crippen molar-refractivity contribution in [2.45, 2.75) is 24.3 Å². The van der Waals surface area contributed by atoms with E-state index in [1.54, 1.807) is 23.1 Å². The molecule has 0 radical (unpaired) electrons. The predicted octanol–water partition coefficient (Wildman–Crippen LogP) is 3.70. The Labute approximate surface area is 107 Å². The van der Waals surface area contributed by atoms with Gasteiger partial charge >= 0.3 is 5.97 Å². The third kappa shape index (κ3) is 5.04. The van der Waals surface area contributed by atoms with Gasteiger partial charge in [-0.15, -0.1) is 11.3 Å². The van der Waals surface area contributed by atoms with Crippen LogP contribution in [0.25, 0.3) is 0 Å². The Bertz CT molecular complexity index is 325. The van der Waals surface area contributed by atoms with Crippen LogP contribution in [0.1, 0.15) is 18.2 Å². The van der Waals surface area contributed by atoms with Crippen molar-refractivity contribution in [3.63, 3.8) is 0 Å². The number of ether oxygens (including phenoxy) is 1. The number of rotatable bonds is 5. The van der Waals surface area contributed by atoms with Crippen molar-refractivity contribution in [1.29, 1.82) is 0 Å². The summed E-state index contributed by atoms with van der Waals surface area (Å²) in [7, 11) is 1.43. The van der Waals surface area contributed by atoms with E-state index in [0.29, 0.717) is 11.7 Å². The van der Waals surface area contributed by atoms with Crippen LogP contribution < -0.4 is 0 Å². The molecular weight excluding hydrogens is 296 g/mol. The summed E-state index contributed by atoms with van der Waals surface area (Å²) >= 11 is 6.94. The summed E-state index contributed by atoms with van der Waals surface area (Å²) in [5.41, 5.74) is 0. The maximum absolute atomic E-state index is 11.0. The average molecular weight is 309 g/mol. The van der Waals surface area contributed by atoms with E-state index in [4.69, 9.17) is 0 Å². The van der Waals surface area contributed by atoms with Crippen molar-refractivity contribution < 1.29 is 9.53 Å². The summed E-state index contributed by atoms with van der Waals surface area (Å²) in [6.45, 7) is 2.05. The van der Waals surface area contributed by atoms with Crippen LogP contribution in [0.4, 0.5) is 0 Å². The quantitative estimate of drug-likeness (QED) is 0.776. The first kappa shape index (κ1) is 13.1. The Morgan fingerprint density at radius 2 is 2.40 bits per heavy atom. The SMILES string of the molecule is COC(=O)CC(C)SCc1ccc(Br)s1. The van der Waals surface area contributed by atoms with E-state index in [0.717, 1.165) is 9.54 Å². The molecule has 0 amide bonds. The Balaban J connectivity index is 2.28. The van der Waals surface area contributed by atoms with Crippen molar-refractivity contribution in [2.75, 3.05) is 7.11 Å². The van der Waals surface area contributed by atoms with E-state index in [2.05, 4.69) is 26.7 Å². The highest BCUT2D eigenvalue weighted by Gasteiger charge is 2.10. The third-order valence-electron chi connectivity index (χ3n) is 1.82. The normalized spacial score (nSPS) is 12.5. The van der Waals surface area contributed by atoms with E-state index in [-0.39, 0.29) is 5.97 Å². The van der Waals surface area contributed by atoms with Gasteiger partial charge in [0.05, 0.1) is 17.3 Å². The molecule has 1 unspecified atom stereocenters. The fourth-order valence-electron chi connectivity index (χ4n) is 1.03. The minimum absolute atomic E-state index is 0.137. The minimum Gasteiger partial charge on any atom is -0.469 e. The van der Waals surface area contributed by atoms with Crippen LogP contribution in [-0.4, -0.2) is 18.3 Å². The molecule has 0 aromatic carbocycles. The molecule has 0 N–H and O–H groups in total. The number of carbonyl (C=O) groups is 1. The summed E-state index contributed by atoms with van der Waals surface area (Å²) in [4.78, 5) is 12.3. The first-order valence-electron chi connectivity index (χ1n) is 4.54. The molecule has 1 aromatic rings. The first-order chi connectivity index (χ1) is 7.11. The Hall–Kier alpha value is -0.0000000000000000833. The molecule has 2 nitrogen and oxygen atoms in total. The molecule has 1 rings (SSSR count). The minimum atomic E-state index is -0.137. The molecule has 0 bridgehead atoms. The Kier molecular flexibility index (Phi) is 5.71. The van der Waals surface area contributed by atoms with Gasteiger partial charge in [-0.2, -0.15) is 11.8 Å². The second-order valence-corrected chi connectivity index (χ2v) is 7.08. The van der Waals surface area contributed by atoms with Crippen molar-refractivity contribution in [3.05, 3.63) is 20.8 Å². The molecule has 84 valence electrons. The summed E-state index contributed by atoms with van der Waals surface area (Å²) in [6, 6.07) is 4.15. The molecule has 0 spiro atoms. The van der Waals surface area contributed by atoms with Crippen molar-refractivity contribution in [2.24, 2.45) is 0 Å². The van der Waals surface area contributed by atoms with Crippen LogP contribution in [0.3, 0.4) is 0 Å². The van der Waals surface area contributed by atoms with E-state index >= 15 is 0 Å². The summed E-state index contributed by atoms with van der Waals surface area (Å²) in [5.74, 6) is 0.816. The van der Waals surface area contributed by atoms with Crippen LogP contribution in [0, 0.1) is 0 Å². The lowest BCUT2D eigenvalue weighted by molar-refractivity contribution is -0.140. The molecule has 1 aromatic heterocycles. The zero-order chi connectivity index (χ0) is 11.3. The summed E-state index contributed by atoms with van der Waals surface area (Å²) in [6.07, 6.45) is 0.480. The van der Waals surface area contributed by atoms with Gasteiger partial charge in [-0.25, -0.2) is 0 Å². The number of thiophene rings is 1. The number of thioether (sulfide) groups is 1. The van der Waals surface area contributed by atoms with Crippen molar-refractivity contribution in [3.8, 4) is 0 Å². The third-order valence-corrected chi connectivity index (χ3v) is 4.84. The molecule has 15 heavy (non-hydrogen) atoms. The van der Waals surface area contributed by atoms with Gasteiger partial charge in [0.25, 0.3) is 0 Å². The average Bonchev–Trinajstić information content (AvgIpc) is 2.61. The first-order valence-corrected chi connectivity index (χ1v) is 7.20. The number of halogens is 1. The number of esters is 1. The molecule has 0 saturated heterocycles. The molecule has 1 atom stereocenters. The smallest absolute Gasteiger partial charge is 0.306 e. The van der Waals surface area contributed by atoms with Crippen LogP contribution in [-0.2, 0) is 15.3 Å². The zero-order valence-corrected chi connectivity index (χ0v) is 11.9. The van der Waals surface area contributed by atoms with Crippen LogP contribution in [0.2, 0.25) is 0 Å². The molecule has 1 heterocycles. The van der Waals surface area contributed by atoms with Crippen LogP contribution in [0.15, 0.2) is 15.9 Å². The van der Waals surface area contributed by atoms with Gasteiger partial charge in [-0.1, -0.05) is 6.92 Å². The summed E-state index contributed by atoms with van der Waals surface area (Å²) < 4.78 is 5.77. The van der Waals surface area contributed by atoms with Gasteiger partial charge in [0.1, 0.15) is 0 Å². The highest BCUT2D eigenvalue weighted by atomic mass is 79.9. The highest BCUT2D eigenvalue weighted by Crippen LogP contribution is 2.28. The fraction of sp³-hybridized carbons (Fsp3) is 0.500. The fourth-order valence-corrected chi connectivity index (χ4v) is 3.55. The van der Waals surface area contributed by atoms with E-state index < -0.39 is 0 Å². The second kappa shape index (κ2) is 6.55. The van der Waals surface area contributed by atoms with Crippen LogP contribution >= 0.6 is 39.0 Å². The molecule has 0 aliphatic carbocycles. The van der Waals surface area contributed by atoms with E-state index in [1.165, 1.54) is 12.0 Å². The monoisotopic (exact) mass is 308 g/mol. The predicted molar refractivity (Wildman–Crippen MR) is 69.4 cm³/mol. The van der Waals surface area contributed by atoms with Crippen molar-refractivity contribution >= 4 is 45.0 Å². The maximum Gasteiger partial charge on any atom is 0.306 e. The van der Waals surface area contributed by atoms with E-state index in [1.807, 2.05) is 13.0 Å². The second-order valence-electron chi connectivity index (χ2n) is 3.11. The Morgan fingerprint density at radius 3 is 2.93 bits per heavy atom. The van der Waals surface area contributed by atoms with Gasteiger partial charge in [-0.3, -0.25) is 4.79 Å². The van der Waals surface area contributed by atoms with Gasteiger partial charge in [0.2, 0.25) is 0 Å². The lowest BCUT2D eigenvalue weighted by atomic mass is 10.3. The lowest BCUT2D eigenvalue weighted by Gasteiger charge is -2.08. The van der Waals surface area contributed by atoms with E-state index in [9.17, 15) is 4.79 Å². The molecule has 0 saturated carbocycles. The number of carbonyl (C=O) groups excluding carboxylic acids is 1. The maximum atomic E-state index is 11.0. The lowest BCUT2D eigenvalue weighted by Crippen LogP contribution is -2.08. The molecule has 0 aliphatic rings. The topological polar surface area (TPSA) is 26.3 Å². The van der Waals surface area contributed by atoms with Gasteiger partial charge < -0.3 is 4.74 Å². The van der Waals surface area contributed by atoms with Gasteiger partial charge in [0, 0.05) is 15.9 Å². The largest absolute Gasteiger partial charge is 0.469 e. The van der Waals surface area contributed by atoms with Crippen LogP contribution in [0.5, 0.6) is 0 Å². The van der Waals surface area contributed by atoms with Gasteiger partial charge in [0.15, 0.2) is 0 Å². The zero-order valence-electron chi connectivity index (χ0n) is 8.66. The number of hydrogen-bond donors (Lipinski definition) is 0. The molecular formula is C10H13BrO2S2. The molecule has 0 aliphatic heterocycles. The van der Waals surface area contributed by atoms with Gasteiger partial charge in [-0.05, 0) is 28.1 Å². The number of hydrogen-bond acceptors (Lipinski definition) is 4. The standard InChI is InChI=1S/C10H13BrO2S2/c1-7(5-10(12)13-2)14-6-8-3-4-9(11)15-8/h3-4,7H,5-6H2,1-2H3. The molecule has 5 heteroatoms. The molecule has 0 fully saturated rings. The highest BCUT2D eigenvalue weighted by molar-refractivity contribution is 9.11. The van der Waals surface area contributed by atoms with Crippen molar-refractivity contribution in [1.82, 2.24) is 0 Å². The summed E-state index contributed by atoms with van der Waals surface area (Å²) in [5, 5.41) is 0.304. The number of methoxy groups -OCH3 is 1.